The van der Waals surface area contributed by atoms with E-state index in [1.807, 2.05) is 0 Å². The minimum atomic E-state index is -0.359. The highest BCUT2D eigenvalue weighted by molar-refractivity contribution is 9.11. The normalized spacial score (nSPS) is 9.47. The summed E-state index contributed by atoms with van der Waals surface area (Å²) in [5.74, 6) is -0.338. The topological polar surface area (TPSA) is 41.1 Å². The number of benzene rings is 1. The molecule has 5 heteroatoms. The van der Waals surface area contributed by atoms with Crippen molar-refractivity contribution in [1.82, 2.24) is 5.32 Å². The van der Waals surface area contributed by atoms with Crippen LogP contribution in [0, 0.1) is 5.82 Å². The fourth-order valence-corrected chi connectivity index (χ4v) is 1.02. The van der Waals surface area contributed by atoms with Crippen molar-refractivity contribution in [2.45, 2.75) is 0 Å². The largest absolute Gasteiger partial charge is 0.333 e. The van der Waals surface area contributed by atoms with E-state index >= 15 is 0 Å². The minimum Gasteiger partial charge on any atom is -0.333 e. The molecule has 0 saturated carbocycles. The summed E-state index contributed by atoms with van der Waals surface area (Å²) in [5.41, 5.74) is 0.536. The standard InChI is InChI=1S/C10H10BrFN2O/c1-7(11)6-13-10(15)14-9-4-2-8(12)3-5-9/h2-5H,1,6H2,(H2,13,14,15). The van der Waals surface area contributed by atoms with Gasteiger partial charge in [0.05, 0.1) is 6.54 Å². The highest BCUT2D eigenvalue weighted by Crippen LogP contribution is 2.07. The third-order valence-electron chi connectivity index (χ3n) is 1.54. The first kappa shape index (κ1) is 11.7. The van der Waals surface area contributed by atoms with Gasteiger partial charge in [0.15, 0.2) is 0 Å². The maximum Gasteiger partial charge on any atom is 0.319 e. The van der Waals surface area contributed by atoms with Gasteiger partial charge in [0.1, 0.15) is 5.82 Å². The Morgan fingerprint density at radius 3 is 2.53 bits per heavy atom. The van der Waals surface area contributed by atoms with E-state index in [9.17, 15) is 9.18 Å². The van der Waals surface area contributed by atoms with Gasteiger partial charge < -0.3 is 10.6 Å². The van der Waals surface area contributed by atoms with Gasteiger partial charge in [0.2, 0.25) is 0 Å². The maximum absolute atomic E-state index is 12.5. The lowest BCUT2D eigenvalue weighted by Crippen LogP contribution is -2.29. The number of hydrogen-bond donors (Lipinski definition) is 2. The fourth-order valence-electron chi connectivity index (χ4n) is 0.885. The van der Waals surface area contributed by atoms with Crippen LogP contribution in [-0.2, 0) is 0 Å². The van der Waals surface area contributed by atoms with E-state index in [2.05, 4.69) is 33.1 Å². The van der Waals surface area contributed by atoms with Crippen LogP contribution < -0.4 is 10.6 Å². The fraction of sp³-hybridized carbons (Fsp3) is 0.100. The average Bonchev–Trinajstić information content (AvgIpc) is 2.19. The molecule has 1 aromatic rings. The van der Waals surface area contributed by atoms with Crippen LogP contribution in [0.3, 0.4) is 0 Å². The van der Waals surface area contributed by atoms with Crippen molar-refractivity contribution >= 4 is 27.6 Å². The van der Waals surface area contributed by atoms with Crippen molar-refractivity contribution < 1.29 is 9.18 Å². The number of carbonyl (C=O) groups excluding carboxylic acids is 1. The van der Waals surface area contributed by atoms with Gasteiger partial charge in [-0.05, 0) is 24.3 Å². The molecular formula is C10H10BrFN2O. The van der Waals surface area contributed by atoms with E-state index < -0.39 is 0 Å². The zero-order chi connectivity index (χ0) is 11.3. The molecule has 0 heterocycles. The van der Waals surface area contributed by atoms with Gasteiger partial charge in [-0.3, -0.25) is 0 Å². The average molecular weight is 273 g/mol. The Bertz CT molecular complexity index is 364. The van der Waals surface area contributed by atoms with Gasteiger partial charge in [0, 0.05) is 10.2 Å². The van der Waals surface area contributed by atoms with E-state index in [-0.39, 0.29) is 11.8 Å². The van der Waals surface area contributed by atoms with Crippen molar-refractivity contribution in [3.05, 3.63) is 41.1 Å². The van der Waals surface area contributed by atoms with Crippen molar-refractivity contribution in [2.24, 2.45) is 0 Å². The van der Waals surface area contributed by atoms with Gasteiger partial charge >= 0.3 is 6.03 Å². The second kappa shape index (κ2) is 5.50. The smallest absolute Gasteiger partial charge is 0.319 e. The molecule has 1 aromatic carbocycles. The van der Waals surface area contributed by atoms with Crippen LogP contribution in [0.4, 0.5) is 14.9 Å². The van der Waals surface area contributed by atoms with Crippen molar-refractivity contribution in [3.63, 3.8) is 0 Å². The van der Waals surface area contributed by atoms with E-state index in [1.54, 1.807) is 0 Å². The summed E-state index contributed by atoms with van der Waals surface area (Å²) >= 11 is 3.11. The molecule has 0 aromatic heterocycles. The summed E-state index contributed by atoms with van der Waals surface area (Å²) in [6.45, 7) is 3.91. The zero-order valence-corrected chi connectivity index (χ0v) is 9.47. The highest BCUT2D eigenvalue weighted by Gasteiger charge is 2.00. The number of halogens is 2. The number of nitrogens with one attached hydrogen (secondary N) is 2. The van der Waals surface area contributed by atoms with Gasteiger partial charge in [-0.1, -0.05) is 22.5 Å². The summed E-state index contributed by atoms with van der Waals surface area (Å²) in [6.07, 6.45) is 0. The molecule has 0 bridgehead atoms. The SMILES string of the molecule is C=C(Br)CNC(=O)Nc1ccc(F)cc1. The molecule has 0 radical (unpaired) electrons. The lowest BCUT2D eigenvalue weighted by Gasteiger charge is -2.06. The summed E-state index contributed by atoms with van der Waals surface area (Å²) < 4.78 is 13.2. The van der Waals surface area contributed by atoms with E-state index in [0.29, 0.717) is 16.7 Å². The third kappa shape index (κ3) is 4.60. The molecule has 0 saturated heterocycles. The molecule has 0 atom stereocenters. The van der Waals surface area contributed by atoms with Crippen molar-refractivity contribution in [2.75, 3.05) is 11.9 Å². The second-order valence-corrected chi connectivity index (χ2v) is 3.95. The summed E-state index contributed by atoms with van der Waals surface area (Å²) in [4.78, 5) is 11.2. The van der Waals surface area contributed by atoms with Gasteiger partial charge in [-0.25, -0.2) is 9.18 Å². The highest BCUT2D eigenvalue weighted by atomic mass is 79.9. The van der Waals surface area contributed by atoms with Gasteiger partial charge in [-0.15, -0.1) is 0 Å². The lowest BCUT2D eigenvalue weighted by atomic mass is 10.3. The molecule has 0 unspecified atom stereocenters. The molecule has 0 spiro atoms. The summed E-state index contributed by atoms with van der Waals surface area (Å²) in [5, 5.41) is 5.10. The zero-order valence-electron chi connectivity index (χ0n) is 7.89. The molecule has 80 valence electrons. The molecule has 1 rings (SSSR count). The predicted molar refractivity (Wildman–Crippen MR) is 61.5 cm³/mol. The number of amides is 2. The Balaban J connectivity index is 2.44. The Labute approximate surface area is 95.5 Å². The number of rotatable bonds is 3. The molecular weight excluding hydrogens is 263 g/mol. The number of anilines is 1. The molecule has 3 nitrogen and oxygen atoms in total. The van der Waals surface area contributed by atoms with Crippen molar-refractivity contribution in [1.29, 1.82) is 0 Å². The molecule has 2 amide bonds. The van der Waals surface area contributed by atoms with Gasteiger partial charge in [-0.2, -0.15) is 0 Å². The Kier molecular flexibility index (Phi) is 4.30. The molecule has 2 N–H and O–H groups in total. The van der Waals surface area contributed by atoms with Crippen LogP contribution in [0.1, 0.15) is 0 Å². The molecule has 15 heavy (non-hydrogen) atoms. The molecule has 0 aliphatic rings. The molecule has 0 fully saturated rings. The van der Waals surface area contributed by atoms with Crippen molar-refractivity contribution in [3.8, 4) is 0 Å². The Morgan fingerprint density at radius 2 is 2.00 bits per heavy atom. The lowest BCUT2D eigenvalue weighted by molar-refractivity contribution is 0.253. The van der Waals surface area contributed by atoms with Crippen LogP contribution in [0.15, 0.2) is 35.3 Å². The van der Waals surface area contributed by atoms with Crippen LogP contribution >= 0.6 is 15.9 Å². The number of urea groups is 1. The van der Waals surface area contributed by atoms with Crippen LogP contribution in [0.5, 0.6) is 0 Å². The summed E-state index contributed by atoms with van der Waals surface area (Å²) in [6, 6.07) is 5.16. The van der Waals surface area contributed by atoms with E-state index in [4.69, 9.17) is 0 Å². The first-order valence-corrected chi connectivity index (χ1v) is 5.01. The first-order valence-electron chi connectivity index (χ1n) is 4.21. The maximum atomic E-state index is 12.5. The molecule has 0 aliphatic carbocycles. The second-order valence-electron chi connectivity index (χ2n) is 2.83. The van der Waals surface area contributed by atoms with E-state index in [1.165, 1.54) is 24.3 Å². The minimum absolute atomic E-state index is 0.338. The quantitative estimate of drug-likeness (QED) is 0.873. The van der Waals surface area contributed by atoms with Gasteiger partial charge in [0.25, 0.3) is 0 Å². The number of carbonyl (C=O) groups is 1. The Morgan fingerprint density at radius 1 is 1.40 bits per heavy atom. The number of hydrogen-bond acceptors (Lipinski definition) is 1. The predicted octanol–water partition coefficient (Wildman–Crippen LogP) is 2.86. The monoisotopic (exact) mass is 272 g/mol. The Hall–Kier alpha value is -1.36. The van der Waals surface area contributed by atoms with Crippen LogP contribution in [0.2, 0.25) is 0 Å². The van der Waals surface area contributed by atoms with E-state index in [0.717, 1.165) is 0 Å². The van der Waals surface area contributed by atoms with Crippen LogP contribution in [-0.4, -0.2) is 12.6 Å². The molecule has 0 aliphatic heterocycles. The first-order chi connectivity index (χ1) is 7.08. The third-order valence-corrected chi connectivity index (χ3v) is 1.82. The summed E-state index contributed by atoms with van der Waals surface area (Å²) in [7, 11) is 0. The van der Waals surface area contributed by atoms with Crippen LogP contribution in [0.25, 0.3) is 0 Å².